The Balaban J connectivity index is 2.38. The van der Waals surface area contributed by atoms with Crippen LogP contribution < -0.4 is 9.82 Å². The summed E-state index contributed by atoms with van der Waals surface area (Å²) in [6, 6.07) is 0. The molecule has 0 aromatic heterocycles. The number of cyclic esters (lactones) is 1. The van der Waals surface area contributed by atoms with Crippen LogP contribution in [0.1, 0.15) is 61.7 Å². The number of nitrogens with zero attached hydrogens (tertiary/aromatic N) is 1. The molecule has 11 heteroatoms. The van der Waals surface area contributed by atoms with E-state index in [9.17, 15) is 19.3 Å². The predicted octanol–water partition coefficient (Wildman–Crippen LogP) is 4.02. The van der Waals surface area contributed by atoms with Gasteiger partial charge in [0.1, 0.15) is 29.2 Å². The number of phenolic OH excluding ortho intramolecular Hbond substituents is 1. The third-order valence-electron chi connectivity index (χ3n) is 5.26. The summed E-state index contributed by atoms with van der Waals surface area (Å²) in [7, 11) is -0.952. The van der Waals surface area contributed by atoms with Gasteiger partial charge in [0, 0.05) is 11.1 Å². The number of benzene rings is 1. The summed E-state index contributed by atoms with van der Waals surface area (Å²) in [5, 5.41) is 17.4. The molecule has 0 spiro atoms. The predicted molar refractivity (Wildman–Crippen MR) is 128 cm³/mol. The minimum absolute atomic E-state index is 0.0702. The fraction of sp³-hybridized carbons (Fsp3) is 0.522. The van der Waals surface area contributed by atoms with Crippen LogP contribution in [0.4, 0.5) is 0 Å². The lowest BCUT2D eigenvalue weighted by Crippen LogP contribution is -2.46. The van der Waals surface area contributed by atoms with Crippen molar-refractivity contribution < 1.29 is 38.1 Å². The van der Waals surface area contributed by atoms with Crippen molar-refractivity contribution >= 4 is 25.2 Å². The summed E-state index contributed by atoms with van der Waals surface area (Å²) in [5.74, 6) is -0.931. The van der Waals surface area contributed by atoms with Gasteiger partial charge in [0.25, 0.3) is 0 Å². The average molecular weight is 496 g/mol. The normalized spacial score (nSPS) is 15.2. The summed E-state index contributed by atoms with van der Waals surface area (Å²) < 4.78 is 34.3. The second-order valence-electron chi connectivity index (χ2n) is 8.85. The van der Waals surface area contributed by atoms with E-state index in [1.807, 2.05) is 0 Å². The monoisotopic (exact) mass is 496 g/mol. The fourth-order valence-corrected chi connectivity index (χ4v) is 5.86. The number of carbonyl (C=O) groups excluding carboxylic acids is 2. The average Bonchev–Trinajstić information content (AvgIpc) is 3.14. The molecule has 1 unspecified atom stereocenters. The van der Waals surface area contributed by atoms with Crippen molar-refractivity contribution in [2.24, 2.45) is 5.16 Å². The van der Waals surface area contributed by atoms with Gasteiger partial charge in [0.15, 0.2) is 0 Å². The maximum absolute atomic E-state index is 13.6. The first-order valence-electron chi connectivity index (χ1n) is 10.7. The van der Waals surface area contributed by atoms with Gasteiger partial charge in [0.2, 0.25) is 0 Å². The molecule has 0 fully saturated rings. The minimum atomic E-state index is -3.68. The lowest BCUT2D eigenvalue weighted by atomic mass is 9.95. The van der Waals surface area contributed by atoms with E-state index in [2.05, 4.69) is 10.2 Å². The molecule has 1 aromatic rings. The molecule has 0 saturated carbocycles. The van der Waals surface area contributed by atoms with Crippen LogP contribution in [0.2, 0.25) is 0 Å². The number of esters is 2. The van der Waals surface area contributed by atoms with Gasteiger partial charge in [-0.1, -0.05) is 16.8 Å². The van der Waals surface area contributed by atoms with Crippen LogP contribution in [0.15, 0.2) is 16.8 Å². The van der Waals surface area contributed by atoms with Gasteiger partial charge in [-0.3, -0.25) is 9.36 Å². The van der Waals surface area contributed by atoms with Crippen LogP contribution in [0.5, 0.6) is 11.5 Å². The molecule has 34 heavy (non-hydrogen) atoms. The molecule has 0 amide bonds. The van der Waals surface area contributed by atoms with E-state index in [1.54, 1.807) is 33.8 Å². The number of allylic oxidation sites excluding steroid dienone is 2. The second kappa shape index (κ2) is 10.6. The van der Waals surface area contributed by atoms with Gasteiger partial charge in [-0.2, -0.15) is 0 Å². The molecule has 1 aromatic carbocycles. The molecule has 2 rings (SSSR count). The Labute approximate surface area is 199 Å². The maximum Gasteiger partial charge on any atom is 0.344 e. The fourth-order valence-electron chi connectivity index (χ4n) is 3.66. The molecule has 0 bridgehead atoms. The molecule has 0 aliphatic carbocycles. The molecule has 10 nitrogen and oxygen atoms in total. The van der Waals surface area contributed by atoms with Gasteiger partial charge < -0.3 is 23.9 Å². The lowest BCUT2D eigenvalue weighted by molar-refractivity contribution is -0.146. The zero-order chi connectivity index (χ0) is 25.8. The van der Waals surface area contributed by atoms with Crippen molar-refractivity contribution in [1.29, 1.82) is 0 Å². The van der Waals surface area contributed by atoms with Crippen LogP contribution in [-0.4, -0.2) is 48.7 Å². The van der Waals surface area contributed by atoms with E-state index in [1.165, 1.54) is 28.1 Å². The Morgan fingerprint density at radius 1 is 1.29 bits per heavy atom. The van der Waals surface area contributed by atoms with E-state index in [-0.39, 0.29) is 30.5 Å². The van der Waals surface area contributed by atoms with E-state index in [0.717, 1.165) is 0 Å². The molecule has 1 aliphatic rings. The molecular weight excluding hydrogens is 463 g/mol. The van der Waals surface area contributed by atoms with Gasteiger partial charge in [-0.25, -0.2) is 9.88 Å². The highest BCUT2D eigenvalue weighted by atomic mass is 31.2. The molecule has 1 heterocycles. The highest BCUT2D eigenvalue weighted by Crippen LogP contribution is 2.47. The first kappa shape index (κ1) is 27.4. The van der Waals surface area contributed by atoms with Crippen molar-refractivity contribution in [3.05, 3.63) is 33.9 Å². The van der Waals surface area contributed by atoms with Crippen LogP contribution in [0.3, 0.4) is 0 Å². The molecule has 188 valence electrons. The number of ether oxygens (including phenoxy) is 3. The Morgan fingerprint density at radius 2 is 1.94 bits per heavy atom. The first-order chi connectivity index (χ1) is 15.8. The summed E-state index contributed by atoms with van der Waals surface area (Å²) in [5.41, 5.74) is 1.77. The number of rotatable bonds is 10. The topological polar surface area (TPSA) is 133 Å². The lowest BCUT2D eigenvalue weighted by Gasteiger charge is -2.28. The first-order valence-corrected chi connectivity index (χ1v) is 12.5. The highest BCUT2D eigenvalue weighted by Gasteiger charge is 2.39. The summed E-state index contributed by atoms with van der Waals surface area (Å²) in [6.07, 6.45) is 1.87. The molecule has 0 radical (unpaired) electrons. The maximum atomic E-state index is 13.6. The van der Waals surface area contributed by atoms with Crippen molar-refractivity contribution in [3.63, 3.8) is 0 Å². The Kier molecular flexibility index (Phi) is 8.55. The third-order valence-corrected chi connectivity index (χ3v) is 7.42. The van der Waals surface area contributed by atoms with E-state index >= 15 is 0 Å². The number of fused-ring (bicyclic) bond motifs is 1. The molecule has 1 atom stereocenters. The molecular formula is C23H33N2O8P. The van der Waals surface area contributed by atoms with Crippen molar-refractivity contribution in [2.45, 2.75) is 60.1 Å². The number of oxime groups is 1. The number of phenols is 1. The molecule has 2 N–H and O–H groups in total. The summed E-state index contributed by atoms with van der Waals surface area (Å²) in [6.45, 7) is 10.1. The van der Waals surface area contributed by atoms with E-state index < -0.39 is 25.0 Å². The highest BCUT2D eigenvalue weighted by molar-refractivity contribution is 7.57. The van der Waals surface area contributed by atoms with E-state index in [0.29, 0.717) is 33.7 Å². The number of hydrogen-bond acceptors (Lipinski definition) is 9. The van der Waals surface area contributed by atoms with Crippen LogP contribution in [-0.2, 0) is 36.5 Å². The Morgan fingerprint density at radius 3 is 2.50 bits per heavy atom. The number of aromatic hydroxyl groups is 1. The van der Waals surface area contributed by atoms with Crippen LogP contribution in [0.25, 0.3) is 0 Å². The summed E-state index contributed by atoms with van der Waals surface area (Å²) in [4.78, 5) is 24.2. The molecule has 0 saturated heterocycles. The number of nitrogens with one attached hydrogen (secondary N) is 1. The zero-order valence-corrected chi connectivity index (χ0v) is 21.8. The third kappa shape index (κ3) is 5.98. The van der Waals surface area contributed by atoms with Crippen LogP contribution in [0, 0.1) is 6.92 Å². The minimum Gasteiger partial charge on any atom is -0.507 e. The summed E-state index contributed by atoms with van der Waals surface area (Å²) >= 11 is 0. The molecule has 1 aliphatic heterocycles. The standard InChI is InChI=1S/C23H33N2O8P/c1-13(2)24-33-34(29,25-23(5,6)22(28)31-8)12-14(3)9-10-16-19(26)18-17(11-32-21(18)27)15(4)20(16)30-7/h9,26H,10-12H2,1-8H3,(H,25,29)/b14-9+. The smallest absolute Gasteiger partial charge is 0.344 e. The van der Waals surface area contributed by atoms with Crippen LogP contribution >= 0.6 is 7.52 Å². The Hall–Kier alpha value is -2.84. The van der Waals surface area contributed by atoms with Crippen molar-refractivity contribution in [3.8, 4) is 11.5 Å². The van der Waals surface area contributed by atoms with Gasteiger partial charge in [0.05, 0.1) is 26.1 Å². The largest absolute Gasteiger partial charge is 0.507 e. The second-order valence-corrected chi connectivity index (χ2v) is 10.9. The Bertz CT molecular complexity index is 1090. The van der Waals surface area contributed by atoms with Crippen molar-refractivity contribution in [1.82, 2.24) is 5.09 Å². The zero-order valence-electron chi connectivity index (χ0n) is 20.9. The number of hydrogen-bond donors (Lipinski definition) is 2. The van der Waals surface area contributed by atoms with Crippen molar-refractivity contribution in [2.75, 3.05) is 20.4 Å². The SMILES string of the molecule is COC(=O)C(C)(C)NP(=O)(C/C(C)=C/Cc1c(O)c2c(c(C)c1OC)COC2=O)ON=C(C)C. The number of carbonyl (C=O) groups is 2. The van der Waals surface area contributed by atoms with Gasteiger partial charge in [-0.05, 0) is 53.5 Å². The number of methoxy groups -OCH3 is 2. The quantitative estimate of drug-likeness (QED) is 0.162. The van der Waals surface area contributed by atoms with E-state index in [4.69, 9.17) is 18.8 Å². The van der Waals surface area contributed by atoms with Gasteiger partial charge in [-0.15, -0.1) is 0 Å². The van der Waals surface area contributed by atoms with Gasteiger partial charge >= 0.3 is 19.5 Å².